The summed E-state index contributed by atoms with van der Waals surface area (Å²) >= 11 is 0. The monoisotopic (exact) mass is 402 g/mol. The average molecular weight is 402 g/mol. The van der Waals surface area contributed by atoms with Gasteiger partial charge in [0.25, 0.3) is 0 Å². The molecule has 0 aliphatic rings. The Hall–Kier alpha value is -3.09. The molecule has 1 atom stereocenters. The highest BCUT2D eigenvalue weighted by Crippen LogP contribution is 2.22. The molecule has 1 aromatic heterocycles. The zero-order chi connectivity index (χ0) is 21.3. The second-order valence-corrected chi connectivity index (χ2v) is 7.62. The van der Waals surface area contributed by atoms with E-state index in [2.05, 4.69) is 10.6 Å². The number of furan rings is 1. The average Bonchev–Trinajstić information content (AvgIpc) is 3.17. The molecule has 7 heteroatoms. The van der Waals surface area contributed by atoms with Gasteiger partial charge in [0.2, 0.25) is 11.8 Å². The molecule has 156 valence electrons. The second-order valence-electron chi connectivity index (χ2n) is 7.62. The number of ether oxygens (including phenoxy) is 1. The number of para-hydroxylation sites is 1. The van der Waals surface area contributed by atoms with Gasteiger partial charge in [0.1, 0.15) is 12.4 Å². The van der Waals surface area contributed by atoms with Crippen LogP contribution in [-0.2, 0) is 9.59 Å². The van der Waals surface area contributed by atoms with Crippen LogP contribution in [0.2, 0.25) is 0 Å². The van der Waals surface area contributed by atoms with Crippen LogP contribution < -0.4 is 15.4 Å². The maximum atomic E-state index is 13.7. The molecular weight excluding hydrogens is 375 g/mol. The largest absolute Gasteiger partial charge is 0.488 e. The molecule has 0 saturated heterocycles. The zero-order valence-corrected chi connectivity index (χ0v) is 16.9. The van der Waals surface area contributed by atoms with E-state index in [1.54, 1.807) is 36.4 Å². The van der Waals surface area contributed by atoms with E-state index in [0.717, 1.165) is 0 Å². The highest BCUT2D eigenvalue weighted by atomic mass is 19.1. The quantitative estimate of drug-likeness (QED) is 0.629. The fourth-order valence-corrected chi connectivity index (χ4v) is 2.41. The van der Waals surface area contributed by atoms with E-state index in [-0.39, 0.29) is 48.6 Å². The Bertz CT molecular complexity index is 826. The molecular formula is C22H27FN2O4. The van der Waals surface area contributed by atoms with Crippen LogP contribution in [0.25, 0.3) is 6.08 Å². The van der Waals surface area contributed by atoms with Gasteiger partial charge in [-0.25, -0.2) is 4.39 Å². The normalized spacial score (nSPS) is 12.6. The van der Waals surface area contributed by atoms with Gasteiger partial charge < -0.3 is 19.8 Å². The van der Waals surface area contributed by atoms with Crippen molar-refractivity contribution in [1.29, 1.82) is 0 Å². The molecule has 1 unspecified atom stereocenters. The van der Waals surface area contributed by atoms with Crippen LogP contribution in [0.5, 0.6) is 5.75 Å². The van der Waals surface area contributed by atoms with E-state index in [1.807, 2.05) is 20.8 Å². The minimum atomic E-state index is -0.447. The van der Waals surface area contributed by atoms with Crippen LogP contribution in [0.4, 0.5) is 4.39 Å². The summed E-state index contributed by atoms with van der Waals surface area (Å²) in [5, 5.41) is 5.55. The van der Waals surface area contributed by atoms with Crippen molar-refractivity contribution in [2.24, 2.45) is 5.41 Å². The van der Waals surface area contributed by atoms with Crippen LogP contribution in [0.3, 0.4) is 0 Å². The van der Waals surface area contributed by atoms with E-state index in [4.69, 9.17) is 9.15 Å². The van der Waals surface area contributed by atoms with Crippen LogP contribution in [0, 0.1) is 11.2 Å². The van der Waals surface area contributed by atoms with Crippen molar-refractivity contribution in [3.8, 4) is 5.75 Å². The molecule has 0 bridgehead atoms. The first-order valence-corrected chi connectivity index (χ1v) is 9.42. The predicted molar refractivity (Wildman–Crippen MR) is 109 cm³/mol. The molecule has 1 heterocycles. The fraction of sp³-hybridized carbons (Fsp3) is 0.364. The Morgan fingerprint density at radius 3 is 2.62 bits per heavy atom. The van der Waals surface area contributed by atoms with Crippen molar-refractivity contribution in [2.45, 2.75) is 33.2 Å². The maximum Gasteiger partial charge on any atom is 0.244 e. The molecule has 0 aliphatic carbocycles. The Labute approximate surface area is 170 Å². The summed E-state index contributed by atoms with van der Waals surface area (Å²) in [6, 6.07) is 9.27. The van der Waals surface area contributed by atoms with Gasteiger partial charge in [-0.05, 0) is 35.8 Å². The van der Waals surface area contributed by atoms with Gasteiger partial charge in [-0.15, -0.1) is 0 Å². The molecule has 2 amide bonds. The topological polar surface area (TPSA) is 80.6 Å². The van der Waals surface area contributed by atoms with Gasteiger partial charge in [-0.2, -0.15) is 0 Å². The third-order valence-electron chi connectivity index (χ3n) is 4.22. The van der Waals surface area contributed by atoms with Crippen LogP contribution in [0.15, 0.2) is 53.2 Å². The Kier molecular flexibility index (Phi) is 8.00. The zero-order valence-electron chi connectivity index (χ0n) is 16.9. The summed E-state index contributed by atoms with van der Waals surface area (Å²) in [5.41, 5.74) is -0.296. The molecule has 29 heavy (non-hydrogen) atoms. The first-order valence-electron chi connectivity index (χ1n) is 9.42. The molecule has 0 saturated carbocycles. The minimum absolute atomic E-state index is 0.118. The lowest BCUT2D eigenvalue weighted by atomic mass is 9.87. The summed E-state index contributed by atoms with van der Waals surface area (Å²) < 4.78 is 24.4. The van der Waals surface area contributed by atoms with E-state index in [1.165, 1.54) is 18.4 Å². The van der Waals surface area contributed by atoms with Crippen molar-refractivity contribution in [3.05, 3.63) is 60.3 Å². The SMILES string of the molecule is CC(C)(C)C(COc1ccccc1F)NC(=O)CCNC(=O)/C=C/c1ccco1. The van der Waals surface area contributed by atoms with Crippen molar-refractivity contribution in [2.75, 3.05) is 13.2 Å². The van der Waals surface area contributed by atoms with Crippen molar-refractivity contribution >= 4 is 17.9 Å². The van der Waals surface area contributed by atoms with Crippen molar-refractivity contribution < 1.29 is 23.1 Å². The number of carbonyl (C=O) groups excluding carboxylic acids is 2. The third kappa shape index (κ3) is 7.81. The lowest BCUT2D eigenvalue weighted by Crippen LogP contribution is -2.48. The van der Waals surface area contributed by atoms with Gasteiger partial charge in [-0.3, -0.25) is 9.59 Å². The van der Waals surface area contributed by atoms with E-state index in [0.29, 0.717) is 5.76 Å². The number of carbonyl (C=O) groups is 2. The molecule has 2 N–H and O–H groups in total. The third-order valence-corrected chi connectivity index (χ3v) is 4.22. The molecule has 0 fully saturated rings. The Balaban J connectivity index is 1.78. The van der Waals surface area contributed by atoms with E-state index < -0.39 is 5.82 Å². The van der Waals surface area contributed by atoms with Gasteiger partial charge in [0.15, 0.2) is 11.6 Å². The summed E-state index contributed by atoms with van der Waals surface area (Å²) in [4.78, 5) is 24.0. The number of rotatable bonds is 9. The van der Waals surface area contributed by atoms with Gasteiger partial charge in [-0.1, -0.05) is 32.9 Å². The van der Waals surface area contributed by atoms with Gasteiger partial charge in [0, 0.05) is 19.0 Å². The lowest BCUT2D eigenvalue weighted by Gasteiger charge is -2.31. The molecule has 2 rings (SSSR count). The van der Waals surface area contributed by atoms with Crippen LogP contribution in [-0.4, -0.2) is 31.0 Å². The molecule has 0 radical (unpaired) electrons. The molecule has 6 nitrogen and oxygen atoms in total. The fourth-order valence-electron chi connectivity index (χ4n) is 2.41. The first-order chi connectivity index (χ1) is 13.8. The van der Waals surface area contributed by atoms with Crippen molar-refractivity contribution in [1.82, 2.24) is 10.6 Å². The first kappa shape index (κ1) is 22.2. The Morgan fingerprint density at radius 2 is 1.97 bits per heavy atom. The standard InChI is InChI=1S/C22H27FN2O4/c1-22(2,3)19(15-29-18-9-5-4-8-17(18)23)25-21(27)12-13-24-20(26)11-10-16-7-6-14-28-16/h4-11,14,19H,12-13,15H2,1-3H3,(H,24,26)(H,25,27)/b11-10+. The number of halogens is 1. The van der Waals surface area contributed by atoms with E-state index in [9.17, 15) is 14.0 Å². The molecule has 0 spiro atoms. The number of nitrogens with one attached hydrogen (secondary N) is 2. The summed E-state index contributed by atoms with van der Waals surface area (Å²) in [6.45, 7) is 6.21. The van der Waals surface area contributed by atoms with Gasteiger partial charge >= 0.3 is 0 Å². The molecule has 2 aromatic rings. The molecule has 1 aromatic carbocycles. The second kappa shape index (κ2) is 10.5. The van der Waals surface area contributed by atoms with Crippen molar-refractivity contribution in [3.63, 3.8) is 0 Å². The number of hydrogen-bond acceptors (Lipinski definition) is 4. The van der Waals surface area contributed by atoms with Gasteiger partial charge in [0.05, 0.1) is 12.3 Å². The number of amides is 2. The number of hydrogen-bond donors (Lipinski definition) is 2. The number of benzene rings is 1. The maximum absolute atomic E-state index is 13.7. The van der Waals surface area contributed by atoms with Crippen LogP contribution in [0.1, 0.15) is 33.0 Å². The highest BCUT2D eigenvalue weighted by Gasteiger charge is 2.27. The lowest BCUT2D eigenvalue weighted by molar-refractivity contribution is -0.123. The smallest absolute Gasteiger partial charge is 0.244 e. The molecule has 0 aliphatic heterocycles. The summed E-state index contributed by atoms with van der Waals surface area (Å²) in [7, 11) is 0. The van der Waals surface area contributed by atoms with E-state index >= 15 is 0 Å². The predicted octanol–water partition coefficient (Wildman–Crippen LogP) is 3.55. The van der Waals surface area contributed by atoms with Crippen LogP contribution >= 0.6 is 0 Å². The Morgan fingerprint density at radius 1 is 1.21 bits per heavy atom. The summed E-state index contributed by atoms with van der Waals surface area (Å²) in [5.74, 6) is -0.272. The highest BCUT2D eigenvalue weighted by molar-refractivity contribution is 5.91. The summed E-state index contributed by atoms with van der Waals surface area (Å²) in [6.07, 6.45) is 4.53. The minimum Gasteiger partial charge on any atom is -0.488 e.